The van der Waals surface area contributed by atoms with Gasteiger partial charge >= 0.3 is 0 Å². The van der Waals surface area contributed by atoms with E-state index in [1.165, 1.54) is 53.5 Å². The second-order valence-corrected chi connectivity index (χ2v) is 9.09. The van der Waals surface area contributed by atoms with Crippen molar-refractivity contribution in [2.24, 2.45) is 0 Å². The molecule has 2 heterocycles. The quantitative estimate of drug-likeness (QED) is 0.344. The SMILES string of the molecule is N#Cc1cc2c3c(cccc3c1)-c1cccc3c1B2c1ccc2ccccc2c1S3. The Balaban J connectivity index is 1.68. The monoisotopic (exact) mass is 395 g/mol. The Morgan fingerprint density at radius 2 is 1.57 bits per heavy atom. The highest BCUT2D eigenvalue weighted by atomic mass is 32.2. The van der Waals surface area contributed by atoms with Crippen LogP contribution in [0.2, 0.25) is 0 Å². The zero-order valence-corrected chi connectivity index (χ0v) is 16.8. The second kappa shape index (κ2) is 5.78. The Hall–Kier alpha value is -3.48. The first kappa shape index (κ1) is 16.3. The molecule has 1 nitrogen and oxygen atoms in total. The molecule has 0 fully saturated rings. The minimum atomic E-state index is 0.155. The van der Waals surface area contributed by atoms with Crippen LogP contribution in [0.5, 0.6) is 0 Å². The molecule has 0 saturated heterocycles. The lowest BCUT2D eigenvalue weighted by Gasteiger charge is -2.34. The van der Waals surface area contributed by atoms with Crippen LogP contribution in [0.15, 0.2) is 94.7 Å². The Morgan fingerprint density at radius 3 is 2.50 bits per heavy atom. The van der Waals surface area contributed by atoms with Gasteiger partial charge in [-0.05, 0) is 56.3 Å². The molecule has 5 aromatic carbocycles. The van der Waals surface area contributed by atoms with Crippen molar-refractivity contribution in [1.82, 2.24) is 0 Å². The molecule has 0 saturated carbocycles. The Bertz CT molecular complexity index is 1590. The van der Waals surface area contributed by atoms with E-state index in [0.717, 1.165) is 10.9 Å². The van der Waals surface area contributed by atoms with Crippen molar-refractivity contribution >= 4 is 56.4 Å². The van der Waals surface area contributed by atoms with Crippen molar-refractivity contribution in [3.05, 3.63) is 90.5 Å². The lowest BCUT2D eigenvalue weighted by Crippen LogP contribution is -2.57. The molecule has 0 aromatic heterocycles. The van der Waals surface area contributed by atoms with Crippen LogP contribution < -0.4 is 16.4 Å². The van der Waals surface area contributed by atoms with Gasteiger partial charge in [-0.3, -0.25) is 0 Å². The summed E-state index contributed by atoms with van der Waals surface area (Å²) in [7, 11) is 0. The zero-order chi connectivity index (χ0) is 19.8. The molecule has 7 rings (SSSR count). The van der Waals surface area contributed by atoms with Crippen LogP contribution >= 0.6 is 11.8 Å². The molecule has 0 aliphatic carbocycles. The van der Waals surface area contributed by atoms with E-state index >= 15 is 0 Å². The highest BCUT2D eigenvalue weighted by Gasteiger charge is 2.38. The van der Waals surface area contributed by atoms with Gasteiger partial charge in [0.15, 0.2) is 0 Å². The van der Waals surface area contributed by atoms with E-state index in [4.69, 9.17) is 0 Å². The summed E-state index contributed by atoms with van der Waals surface area (Å²) < 4.78 is 0. The van der Waals surface area contributed by atoms with Crippen LogP contribution in [-0.2, 0) is 0 Å². The maximum Gasteiger partial charge on any atom is 0.245 e. The van der Waals surface area contributed by atoms with E-state index in [1.54, 1.807) is 0 Å². The van der Waals surface area contributed by atoms with Gasteiger partial charge in [0.25, 0.3) is 0 Å². The minimum Gasteiger partial charge on any atom is -0.192 e. The standard InChI is InChI=1S/C27H14BNS/c29-15-16-13-18-6-3-8-20-21-9-4-10-24-26(21)28(23(14-16)25(18)20)22-12-11-17-5-1-2-7-19(17)27(22)30-24/h1-14H. The third-order valence-electron chi connectivity index (χ3n) is 6.53. The topological polar surface area (TPSA) is 23.8 Å². The number of rotatable bonds is 0. The molecule has 2 aliphatic rings. The number of nitriles is 1. The molecule has 0 spiro atoms. The molecule has 30 heavy (non-hydrogen) atoms. The Labute approximate surface area is 179 Å². The van der Waals surface area contributed by atoms with Crippen LogP contribution in [0.1, 0.15) is 5.56 Å². The molecule has 0 bridgehead atoms. The van der Waals surface area contributed by atoms with Gasteiger partial charge in [0.2, 0.25) is 6.71 Å². The molecule has 136 valence electrons. The lowest BCUT2D eigenvalue weighted by atomic mass is 9.33. The maximum atomic E-state index is 9.71. The number of benzene rings is 5. The largest absolute Gasteiger partial charge is 0.245 e. The fourth-order valence-electron chi connectivity index (χ4n) is 5.33. The molecule has 0 atom stereocenters. The fraction of sp³-hybridized carbons (Fsp3) is 0. The normalized spacial score (nSPS) is 13.1. The van der Waals surface area contributed by atoms with Crippen molar-refractivity contribution in [3.63, 3.8) is 0 Å². The Morgan fingerprint density at radius 1 is 0.733 bits per heavy atom. The van der Waals surface area contributed by atoms with Crippen LogP contribution in [0.3, 0.4) is 0 Å². The van der Waals surface area contributed by atoms with E-state index < -0.39 is 0 Å². The summed E-state index contributed by atoms with van der Waals surface area (Å²) in [6.45, 7) is 0.155. The van der Waals surface area contributed by atoms with Gasteiger partial charge in [-0.1, -0.05) is 89.4 Å². The molecule has 3 heteroatoms. The summed E-state index contributed by atoms with van der Waals surface area (Å²) in [4.78, 5) is 2.67. The summed E-state index contributed by atoms with van der Waals surface area (Å²) in [5.41, 5.74) is 7.34. The summed E-state index contributed by atoms with van der Waals surface area (Å²) in [6, 6.07) is 32.9. The average Bonchev–Trinajstić information content (AvgIpc) is 2.81. The van der Waals surface area contributed by atoms with Crippen molar-refractivity contribution in [1.29, 1.82) is 5.26 Å². The smallest absolute Gasteiger partial charge is 0.192 e. The molecule has 5 aromatic rings. The third kappa shape index (κ3) is 1.99. The first-order chi connectivity index (χ1) is 14.8. The summed E-state index contributed by atoms with van der Waals surface area (Å²) in [5.74, 6) is 0. The summed E-state index contributed by atoms with van der Waals surface area (Å²) in [5, 5.41) is 14.7. The van der Waals surface area contributed by atoms with Crippen LogP contribution in [0, 0.1) is 11.3 Å². The predicted octanol–water partition coefficient (Wildman–Crippen LogP) is 4.83. The number of nitrogens with zero attached hydrogens (tertiary/aromatic N) is 1. The molecule has 0 radical (unpaired) electrons. The number of hydrogen-bond donors (Lipinski definition) is 0. The molecule has 0 N–H and O–H groups in total. The van der Waals surface area contributed by atoms with Gasteiger partial charge in [0, 0.05) is 9.79 Å². The summed E-state index contributed by atoms with van der Waals surface area (Å²) >= 11 is 1.89. The second-order valence-electron chi connectivity index (χ2n) is 8.04. The van der Waals surface area contributed by atoms with Crippen LogP contribution in [-0.4, -0.2) is 6.71 Å². The van der Waals surface area contributed by atoms with Gasteiger partial charge in [-0.25, -0.2) is 0 Å². The molecular weight excluding hydrogens is 381 g/mol. The molecule has 2 aliphatic heterocycles. The van der Waals surface area contributed by atoms with Crippen molar-refractivity contribution < 1.29 is 0 Å². The van der Waals surface area contributed by atoms with Gasteiger partial charge < -0.3 is 0 Å². The van der Waals surface area contributed by atoms with Crippen LogP contribution in [0.4, 0.5) is 0 Å². The van der Waals surface area contributed by atoms with E-state index in [0.29, 0.717) is 0 Å². The minimum absolute atomic E-state index is 0.155. The van der Waals surface area contributed by atoms with Crippen LogP contribution in [0.25, 0.3) is 32.7 Å². The number of fused-ring (bicyclic) bond motifs is 6. The molecule has 0 amide bonds. The third-order valence-corrected chi connectivity index (χ3v) is 7.76. The van der Waals surface area contributed by atoms with E-state index in [-0.39, 0.29) is 6.71 Å². The lowest BCUT2D eigenvalue weighted by molar-refractivity contribution is 1.45. The highest BCUT2D eigenvalue weighted by Crippen LogP contribution is 2.40. The van der Waals surface area contributed by atoms with Gasteiger partial charge in [-0.2, -0.15) is 5.26 Å². The van der Waals surface area contributed by atoms with Gasteiger partial charge in [0.1, 0.15) is 0 Å². The van der Waals surface area contributed by atoms with Gasteiger partial charge in [0.05, 0.1) is 11.6 Å². The zero-order valence-electron chi connectivity index (χ0n) is 16.0. The Kier molecular flexibility index (Phi) is 3.15. The van der Waals surface area contributed by atoms with E-state index in [2.05, 4.69) is 84.9 Å². The first-order valence-electron chi connectivity index (χ1n) is 10.1. The van der Waals surface area contributed by atoms with Crippen molar-refractivity contribution in [2.45, 2.75) is 9.79 Å². The first-order valence-corrected chi connectivity index (χ1v) is 10.9. The fourth-order valence-corrected chi connectivity index (χ4v) is 6.64. The number of hydrogen-bond acceptors (Lipinski definition) is 2. The molecule has 0 unspecified atom stereocenters. The summed E-state index contributed by atoms with van der Waals surface area (Å²) in [6.07, 6.45) is 0. The van der Waals surface area contributed by atoms with Gasteiger partial charge in [-0.15, -0.1) is 0 Å². The van der Waals surface area contributed by atoms with Crippen molar-refractivity contribution in [3.8, 4) is 17.2 Å². The van der Waals surface area contributed by atoms with E-state index in [1.807, 2.05) is 17.8 Å². The maximum absolute atomic E-state index is 9.71. The van der Waals surface area contributed by atoms with E-state index in [9.17, 15) is 5.26 Å². The average molecular weight is 395 g/mol. The van der Waals surface area contributed by atoms with Crippen molar-refractivity contribution in [2.75, 3.05) is 0 Å². The molecular formula is C27H14BNS. The highest BCUT2D eigenvalue weighted by molar-refractivity contribution is 8.00. The predicted molar refractivity (Wildman–Crippen MR) is 127 cm³/mol.